The summed E-state index contributed by atoms with van der Waals surface area (Å²) in [6.07, 6.45) is 2.70. The Kier molecular flexibility index (Phi) is 5.26. The van der Waals surface area contributed by atoms with E-state index in [0.29, 0.717) is 6.54 Å². The molecule has 1 heterocycles. The van der Waals surface area contributed by atoms with Gasteiger partial charge in [0.2, 0.25) is 10.0 Å². The highest BCUT2D eigenvalue weighted by atomic mass is 32.2. The maximum atomic E-state index is 13.5. The fourth-order valence-corrected chi connectivity index (χ4v) is 8.35. The Balaban J connectivity index is 1.62. The van der Waals surface area contributed by atoms with Crippen LogP contribution in [0.15, 0.2) is 58.3 Å². The third-order valence-electron chi connectivity index (χ3n) is 6.39. The van der Waals surface area contributed by atoms with Crippen LogP contribution >= 0.6 is 0 Å². The lowest BCUT2D eigenvalue weighted by Gasteiger charge is -2.39. The van der Waals surface area contributed by atoms with Gasteiger partial charge >= 0.3 is 0 Å². The first kappa shape index (κ1) is 22.3. The summed E-state index contributed by atoms with van der Waals surface area (Å²) in [6, 6.07) is 12.6. The van der Waals surface area contributed by atoms with Crippen LogP contribution in [0.4, 0.5) is 5.69 Å². The minimum absolute atomic E-state index is 0.0216. The number of benzene rings is 2. The predicted octanol–water partition coefficient (Wildman–Crippen LogP) is 4.39. The fourth-order valence-electron chi connectivity index (χ4n) is 5.48. The van der Waals surface area contributed by atoms with E-state index in [1.165, 1.54) is 24.3 Å². The number of hydrogen-bond acceptors (Lipinski definition) is 4. The SMILES string of the molecule is Cc1ccc(S(=O)(=O)Nc2cccc(S(=O)(=O)N3CC4(C)CC3CC(C)(C)C4)c2)cc1. The van der Waals surface area contributed by atoms with Crippen LogP contribution in [0.25, 0.3) is 0 Å². The number of sulfonamides is 2. The smallest absolute Gasteiger partial charge is 0.261 e. The van der Waals surface area contributed by atoms with Crippen LogP contribution in [0.1, 0.15) is 45.6 Å². The number of hydrogen-bond donors (Lipinski definition) is 1. The molecule has 1 aliphatic carbocycles. The first-order valence-corrected chi connectivity index (χ1v) is 13.4. The first-order valence-electron chi connectivity index (χ1n) is 10.5. The van der Waals surface area contributed by atoms with Crippen molar-refractivity contribution in [3.63, 3.8) is 0 Å². The molecule has 31 heavy (non-hydrogen) atoms. The lowest BCUT2D eigenvalue weighted by atomic mass is 9.65. The van der Waals surface area contributed by atoms with E-state index in [-0.39, 0.29) is 32.4 Å². The van der Waals surface area contributed by atoms with E-state index >= 15 is 0 Å². The molecule has 2 bridgehead atoms. The third kappa shape index (κ3) is 4.38. The van der Waals surface area contributed by atoms with Crippen molar-refractivity contribution in [3.8, 4) is 0 Å². The van der Waals surface area contributed by atoms with Crippen LogP contribution in [0.2, 0.25) is 0 Å². The van der Waals surface area contributed by atoms with Gasteiger partial charge in [0.25, 0.3) is 10.0 Å². The van der Waals surface area contributed by atoms with Gasteiger partial charge in [-0.1, -0.05) is 44.5 Å². The zero-order valence-electron chi connectivity index (χ0n) is 18.4. The molecule has 4 rings (SSSR count). The lowest BCUT2D eigenvalue weighted by Crippen LogP contribution is -2.37. The normalized spacial score (nSPS) is 26.0. The van der Waals surface area contributed by atoms with Crippen molar-refractivity contribution in [3.05, 3.63) is 54.1 Å². The summed E-state index contributed by atoms with van der Waals surface area (Å²) >= 11 is 0. The maximum Gasteiger partial charge on any atom is 0.261 e. The zero-order valence-corrected chi connectivity index (χ0v) is 20.1. The molecule has 1 N–H and O–H groups in total. The van der Waals surface area contributed by atoms with Gasteiger partial charge in [0.1, 0.15) is 0 Å². The highest BCUT2D eigenvalue weighted by Crippen LogP contribution is 2.53. The van der Waals surface area contributed by atoms with Crippen molar-refractivity contribution in [2.45, 2.75) is 62.8 Å². The summed E-state index contributed by atoms with van der Waals surface area (Å²) in [6.45, 7) is 8.96. The fraction of sp³-hybridized carbons (Fsp3) is 0.478. The van der Waals surface area contributed by atoms with E-state index in [4.69, 9.17) is 0 Å². The molecule has 2 aliphatic rings. The van der Waals surface area contributed by atoms with E-state index in [1.54, 1.807) is 28.6 Å². The molecular weight excluding hydrogens is 432 g/mol. The summed E-state index contributed by atoms with van der Waals surface area (Å²) in [7, 11) is -7.54. The Bertz CT molecular complexity index is 1200. The number of nitrogens with one attached hydrogen (secondary N) is 1. The minimum Gasteiger partial charge on any atom is -0.280 e. The Morgan fingerprint density at radius 1 is 0.935 bits per heavy atom. The molecule has 0 radical (unpaired) electrons. The molecule has 1 aliphatic heterocycles. The van der Waals surface area contributed by atoms with Gasteiger partial charge in [-0.15, -0.1) is 0 Å². The van der Waals surface area contributed by atoms with Gasteiger partial charge in [-0.3, -0.25) is 4.72 Å². The zero-order chi connectivity index (χ0) is 22.7. The summed E-state index contributed by atoms with van der Waals surface area (Å²) in [5.74, 6) is 0. The molecule has 8 heteroatoms. The molecule has 2 fully saturated rings. The lowest BCUT2D eigenvalue weighted by molar-refractivity contribution is 0.133. The topological polar surface area (TPSA) is 83.5 Å². The molecule has 0 spiro atoms. The van der Waals surface area contributed by atoms with Gasteiger partial charge < -0.3 is 0 Å². The number of fused-ring (bicyclic) bond motifs is 2. The van der Waals surface area contributed by atoms with Gasteiger partial charge in [-0.2, -0.15) is 4.31 Å². The number of nitrogens with zero attached hydrogens (tertiary/aromatic N) is 1. The Hall–Kier alpha value is -1.90. The average Bonchev–Trinajstić information content (AvgIpc) is 2.91. The van der Waals surface area contributed by atoms with E-state index in [2.05, 4.69) is 25.5 Å². The Labute approximate surface area is 185 Å². The van der Waals surface area contributed by atoms with Gasteiger partial charge in [0.15, 0.2) is 0 Å². The van der Waals surface area contributed by atoms with E-state index in [0.717, 1.165) is 24.8 Å². The number of aryl methyl sites for hydroxylation is 1. The highest BCUT2D eigenvalue weighted by Gasteiger charge is 2.53. The van der Waals surface area contributed by atoms with Crippen LogP contribution in [-0.4, -0.2) is 33.7 Å². The molecule has 2 unspecified atom stereocenters. The number of rotatable bonds is 5. The highest BCUT2D eigenvalue weighted by molar-refractivity contribution is 7.92. The molecule has 0 aromatic heterocycles. The van der Waals surface area contributed by atoms with Crippen LogP contribution in [0, 0.1) is 17.8 Å². The van der Waals surface area contributed by atoms with Crippen LogP contribution in [-0.2, 0) is 20.0 Å². The largest absolute Gasteiger partial charge is 0.280 e. The summed E-state index contributed by atoms with van der Waals surface area (Å²) < 4.78 is 56.6. The monoisotopic (exact) mass is 462 g/mol. The molecule has 2 aromatic rings. The van der Waals surface area contributed by atoms with Crippen molar-refractivity contribution >= 4 is 25.7 Å². The predicted molar refractivity (Wildman–Crippen MR) is 122 cm³/mol. The Morgan fingerprint density at radius 3 is 2.29 bits per heavy atom. The van der Waals surface area contributed by atoms with Gasteiger partial charge in [-0.05, 0) is 67.3 Å². The summed E-state index contributed by atoms with van der Waals surface area (Å²) in [5.41, 5.74) is 1.27. The van der Waals surface area contributed by atoms with E-state index < -0.39 is 20.0 Å². The minimum atomic E-state index is -3.81. The Morgan fingerprint density at radius 2 is 1.61 bits per heavy atom. The standard InChI is InChI=1S/C23H30N2O4S2/c1-17-8-10-20(11-9-17)30(26,27)24-18-6-5-7-21(12-18)31(28,29)25-16-23(4)14-19(25)13-22(2,3)15-23/h5-12,19,24H,13-16H2,1-4H3. The van der Waals surface area contributed by atoms with Crippen LogP contribution in [0.5, 0.6) is 0 Å². The molecule has 1 saturated heterocycles. The van der Waals surface area contributed by atoms with Gasteiger partial charge in [-0.25, -0.2) is 16.8 Å². The van der Waals surface area contributed by atoms with Crippen molar-refractivity contribution < 1.29 is 16.8 Å². The maximum absolute atomic E-state index is 13.5. The van der Waals surface area contributed by atoms with Crippen molar-refractivity contribution in [1.82, 2.24) is 4.31 Å². The molecular formula is C23H30N2O4S2. The third-order valence-corrected chi connectivity index (χ3v) is 9.68. The average molecular weight is 463 g/mol. The molecule has 2 aromatic carbocycles. The number of anilines is 1. The summed E-state index contributed by atoms with van der Waals surface area (Å²) in [4.78, 5) is 0.250. The van der Waals surface area contributed by atoms with Gasteiger partial charge in [0, 0.05) is 12.6 Å². The second-order valence-electron chi connectivity index (χ2n) is 10.2. The van der Waals surface area contributed by atoms with E-state index in [1.807, 2.05) is 6.92 Å². The van der Waals surface area contributed by atoms with Crippen molar-refractivity contribution in [2.24, 2.45) is 10.8 Å². The molecule has 1 saturated carbocycles. The molecule has 168 valence electrons. The second kappa shape index (κ2) is 7.32. The quantitative estimate of drug-likeness (QED) is 0.714. The van der Waals surface area contributed by atoms with Gasteiger partial charge in [0.05, 0.1) is 15.5 Å². The van der Waals surface area contributed by atoms with Crippen LogP contribution in [0.3, 0.4) is 0 Å². The van der Waals surface area contributed by atoms with Crippen molar-refractivity contribution in [1.29, 1.82) is 0 Å². The molecule has 0 amide bonds. The van der Waals surface area contributed by atoms with E-state index in [9.17, 15) is 16.8 Å². The first-order chi connectivity index (χ1) is 14.3. The second-order valence-corrected chi connectivity index (χ2v) is 13.8. The van der Waals surface area contributed by atoms with Crippen molar-refractivity contribution in [2.75, 3.05) is 11.3 Å². The molecule has 6 nitrogen and oxygen atoms in total. The van der Waals surface area contributed by atoms with Crippen LogP contribution < -0.4 is 4.72 Å². The summed E-state index contributed by atoms with van der Waals surface area (Å²) in [5, 5.41) is 0. The molecule has 2 atom stereocenters.